The van der Waals surface area contributed by atoms with E-state index in [9.17, 15) is 92.0 Å². The Morgan fingerprint density at radius 1 is 0.399 bits per heavy atom. The van der Waals surface area contributed by atoms with Crippen molar-refractivity contribution < 1.29 is 106 Å². The zero-order valence-electron chi connectivity index (χ0n) is 79.6. The number of aromatic nitrogens is 3. The number of aromatic hydroxyl groups is 1. The van der Waals surface area contributed by atoms with E-state index in [0.717, 1.165) is 0 Å². The highest BCUT2D eigenvalue weighted by Gasteiger charge is 2.41. The topological polar surface area (TPSA) is 802 Å². The number of para-hydroxylation sites is 1. The van der Waals surface area contributed by atoms with E-state index >= 15 is 14.4 Å². The molecule has 0 aliphatic heterocycles. The minimum Gasteiger partial charge on any atom is -0.508 e. The number of carboxylic acids is 2. The van der Waals surface area contributed by atoms with Crippen LogP contribution in [0.5, 0.6) is 5.75 Å². The Bertz CT molecular complexity index is 4740. The van der Waals surface area contributed by atoms with Gasteiger partial charge in [0.25, 0.3) is 0 Å². The van der Waals surface area contributed by atoms with Gasteiger partial charge in [0, 0.05) is 68.4 Å². The maximum absolute atomic E-state index is 15.1. The molecule has 2 aromatic heterocycles. The molecule has 14 unspecified atom stereocenters. The van der Waals surface area contributed by atoms with E-state index in [1.165, 1.54) is 50.6 Å². The number of nitrogens with one attached hydrogen (secondary N) is 19. The molecule has 0 spiro atoms. The van der Waals surface area contributed by atoms with Gasteiger partial charge >= 0.3 is 11.9 Å². The number of phenolic OH excluding ortho intramolecular Hbond substituents is 1. The fourth-order valence-electron chi connectivity index (χ4n) is 14.7. The number of hydrogen-bond donors (Lipinski definition) is 28. The third-order valence-electron chi connectivity index (χ3n) is 22.1. The molecule has 48 heteroatoms. The summed E-state index contributed by atoms with van der Waals surface area (Å²) in [7, 11) is 1.77. The molecule has 17 amide bonds. The smallest absolute Gasteiger partial charge is 0.305 e. The number of H-pyrrole nitrogens is 2. The molecule has 0 saturated carbocycles. The molecule has 34 N–H and O–H groups in total. The van der Waals surface area contributed by atoms with Crippen molar-refractivity contribution in [2.45, 2.75) is 281 Å². The molecule has 48 nitrogen and oxygen atoms in total. The van der Waals surface area contributed by atoms with Crippen molar-refractivity contribution in [2.24, 2.45) is 58.1 Å². The van der Waals surface area contributed by atoms with E-state index in [-0.39, 0.29) is 108 Å². The number of amides is 17. The SMILES string of the molecule is CNCCCCC(=O)NC(C(=O)NC(CCC(=O)O)C(=O)NC(Cc1c[nH]c2ccccc12)C(=O)NC(CC(C)C)C(=O)NC(CCCNC(=N)N)C(=O)NC(CCCCN)C(=O)NC(CCCCN)C(=O)NC(CC(C)C)C(=O)NC(CCC(N)=O)C(=O)NC(CC(=O)O)C(=O)NC(C(=O)NC(Cc1c[nH]cn1)C(=O)NC(CC(N)=O)C(=O)NC(Cc1ccc(O)cc1)C(N)=O)C(C)C)C(C)C. The maximum atomic E-state index is 15.1. The number of phenols is 1. The van der Waals surface area contributed by atoms with Crippen LogP contribution in [-0.4, -0.2) is 266 Å². The molecule has 4 aromatic rings. The van der Waals surface area contributed by atoms with Crippen LogP contribution in [-0.2, 0) is 110 Å². The zero-order valence-corrected chi connectivity index (χ0v) is 79.6. The molecule has 4 rings (SSSR count). The predicted molar refractivity (Wildman–Crippen MR) is 505 cm³/mol. The number of carbonyl (C=O) groups is 19. The van der Waals surface area contributed by atoms with Gasteiger partial charge in [-0.05, 0) is 170 Å². The lowest BCUT2D eigenvalue weighted by Gasteiger charge is -2.29. The fraction of sp³-hybridized carbons (Fsp3) is 0.589. The van der Waals surface area contributed by atoms with E-state index < -0.39 is 266 Å². The summed E-state index contributed by atoms with van der Waals surface area (Å²) in [5, 5.41) is 79.7. The van der Waals surface area contributed by atoms with Crippen LogP contribution < -0.4 is 119 Å². The number of hydrogen-bond acceptors (Lipinski definition) is 25. The van der Waals surface area contributed by atoms with Gasteiger partial charge in [0.15, 0.2) is 5.96 Å². The summed E-state index contributed by atoms with van der Waals surface area (Å²) in [4.78, 5) is 275. The van der Waals surface area contributed by atoms with Crippen LogP contribution in [0, 0.1) is 29.1 Å². The van der Waals surface area contributed by atoms with Crippen molar-refractivity contribution in [1.82, 2.24) is 100 Å². The highest BCUT2D eigenvalue weighted by Crippen LogP contribution is 2.22. The molecule has 0 aliphatic rings. The number of guanidine groups is 1. The molecule has 0 saturated heterocycles. The first-order chi connectivity index (χ1) is 65.2. The Balaban J connectivity index is 1.66. The number of fused-ring (bicyclic) bond motifs is 1. The van der Waals surface area contributed by atoms with Crippen LogP contribution in [0.25, 0.3) is 10.9 Å². The lowest BCUT2D eigenvalue weighted by atomic mass is 9.99. The molecule has 14 atom stereocenters. The Kier molecular flexibility index (Phi) is 51.0. The van der Waals surface area contributed by atoms with Crippen molar-refractivity contribution in [3.63, 3.8) is 0 Å². The van der Waals surface area contributed by atoms with E-state index in [1.807, 2.05) is 0 Å². The van der Waals surface area contributed by atoms with E-state index in [2.05, 4.69) is 100 Å². The number of aromatic amines is 2. The van der Waals surface area contributed by atoms with Crippen molar-refractivity contribution >= 4 is 129 Å². The normalized spacial score (nSPS) is 14.3. The van der Waals surface area contributed by atoms with Gasteiger partial charge in [0.05, 0.1) is 24.9 Å². The van der Waals surface area contributed by atoms with Gasteiger partial charge in [0.1, 0.15) is 90.3 Å². The monoisotopic (exact) mass is 1940 g/mol. The molecule has 0 radical (unpaired) electrons. The van der Waals surface area contributed by atoms with Crippen molar-refractivity contribution in [3.8, 4) is 5.75 Å². The highest BCUT2D eigenvalue weighted by atomic mass is 16.4. The second kappa shape index (κ2) is 60.5. The van der Waals surface area contributed by atoms with Gasteiger partial charge in [-0.2, -0.15) is 0 Å². The summed E-state index contributed by atoms with van der Waals surface area (Å²) in [6.45, 7) is 13.9. The van der Waals surface area contributed by atoms with Crippen LogP contribution in [0.15, 0.2) is 67.3 Å². The summed E-state index contributed by atoms with van der Waals surface area (Å²) in [6.07, 6.45) is 0.494. The number of unbranched alkanes of at least 4 members (excludes halogenated alkanes) is 3. The first-order valence-corrected chi connectivity index (χ1v) is 46.2. The minimum absolute atomic E-state index is 0.0155. The Hall–Kier alpha value is -13.9. The minimum atomic E-state index is -2.09. The van der Waals surface area contributed by atoms with Crippen LogP contribution in [0.1, 0.15) is 194 Å². The number of primary amides is 3. The molecule has 764 valence electrons. The highest BCUT2D eigenvalue weighted by molar-refractivity contribution is 6.02. The second-order valence-electron chi connectivity index (χ2n) is 35.4. The Morgan fingerprint density at radius 2 is 0.819 bits per heavy atom. The quantitative estimate of drug-likeness (QED) is 0.0113. The van der Waals surface area contributed by atoms with Crippen LogP contribution in [0.2, 0.25) is 0 Å². The number of carbonyl (C=O) groups excluding carboxylic acids is 17. The number of nitrogens with zero attached hydrogens (tertiary/aromatic N) is 1. The lowest BCUT2D eigenvalue weighted by molar-refractivity contribution is -0.142. The van der Waals surface area contributed by atoms with Gasteiger partial charge in [-0.15, -0.1) is 0 Å². The predicted octanol–water partition coefficient (Wildman–Crippen LogP) is -4.31. The van der Waals surface area contributed by atoms with Crippen molar-refractivity contribution in [3.05, 3.63) is 84.1 Å². The second-order valence-corrected chi connectivity index (χ2v) is 35.4. The van der Waals surface area contributed by atoms with Gasteiger partial charge in [0.2, 0.25) is 100 Å². The van der Waals surface area contributed by atoms with E-state index in [1.54, 1.807) is 79.1 Å². The number of imidazole rings is 1. The van der Waals surface area contributed by atoms with Gasteiger partial charge in [-0.25, -0.2) is 4.98 Å². The van der Waals surface area contributed by atoms with E-state index in [0.29, 0.717) is 54.3 Å². The van der Waals surface area contributed by atoms with E-state index in [4.69, 9.17) is 39.8 Å². The van der Waals surface area contributed by atoms with Crippen LogP contribution in [0.3, 0.4) is 0 Å². The third kappa shape index (κ3) is 43.0. The standard InChI is InChI=1S/C90H142N26O22/c1-47(2)37-63(83(132)106-60(29-31-69(93)118)80(129)113-68(43-73(123)124)87(136)116-75(50(7)8)89(138)114-66(41-53-45-99-46-102-53)85(134)112-67(42-70(94)119)86(135)108-62(76(95)125)39-51-25-27-54(117)28-26-51)109-79(128)58(22-13-16-34-92)104-77(126)57(21-12-15-33-91)103-78(127)59(23-18-36-100-90(96)97)105-82(131)64(38-48(3)4)110-84(133)65(40-52-44-101-56-20-11-10-19-55(52)56)111-81(130)61(30-32-72(121)122)107-88(137)74(49(5)6)115-71(120)24-14-17-35-98-9/h10-11,19-20,25-28,44-50,57-68,74-75,98,101,117H,12-18,21-24,29-43,91-92H2,1-9H3,(H2,93,118)(H2,94,119)(H2,95,125)(H,99,102)(H,103,127)(H,104,126)(H,105,131)(H,106,132)(H,107,137)(H,108,135)(H,109,128)(H,110,133)(H,111,130)(H,112,134)(H,113,129)(H,114,138)(H,115,120)(H,116,136)(H,121,122)(H,123,124)(H4,96,97,100). The molecule has 0 fully saturated rings. The number of nitrogens with two attached hydrogens (primary N) is 6. The van der Waals surface area contributed by atoms with Gasteiger partial charge in [-0.3, -0.25) is 96.5 Å². The van der Waals surface area contributed by atoms with Gasteiger partial charge < -0.3 is 145 Å². The number of carboxylic acid groups (broad SMARTS) is 2. The first kappa shape index (κ1) is 116. The summed E-state index contributed by atoms with van der Waals surface area (Å²) >= 11 is 0. The number of benzene rings is 2. The van der Waals surface area contributed by atoms with Crippen LogP contribution in [0.4, 0.5) is 0 Å². The van der Waals surface area contributed by atoms with Crippen molar-refractivity contribution in [1.29, 1.82) is 5.41 Å². The summed E-state index contributed by atoms with van der Waals surface area (Å²) in [5.74, 6) is -22.9. The maximum Gasteiger partial charge on any atom is 0.305 e. The summed E-state index contributed by atoms with van der Waals surface area (Å²) < 4.78 is 0. The fourth-order valence-corrected chi connectivity index (χ4v) is 14.7. The molecule has 0 bridgehead atoms. The molecular weight excluding hydrogens is 1800 g/mol. The molecule has 138 heavy (non-hydrogen) atoms. The lowest BCUT2D eigenvalue weighted by Crippen LogP contribution is -2.62. The van der Waals surface area contributed by atoms with Crippen molar-refractivity contribution in [2.75, 3.05) is 33.2 Å². The molecular formula is C90H142N26O22. The largest absolute Gasteiger partial charge is 0.508 e. The van der Waals surface area contributed by atoms with Crippen LogP contribution >= 0.6 is 0 Å². The first-order valence-electron chi connectivity index (χ1n) is 46.2. The summed E-state index contributed by atoms with van der Waals surface area (Å²) in [6, 6.07) is -9.97. The Morgan fingerprint density at radius 3 is 1.28 bits per heavy atom. The zero-order chi connectivity index (χ0) is 103. The number of rotatable bonds is 67. The summed E-state index contributed by atoms with van der Waals surface area (Å²) in [5.41, 5.74) is 35.9. The molecule has 2 heterocycles. The molecule has 0 aliphatic carbocycles. The third-order valence-corrected chi connectivity index (χ3v) is 22.1. The Labute approximate surface area is 799 Å². The van der Waals surface area contributed by atoms with Gasteiger partial charge in [-0.1, -0.05) is 85.7 Å². The number of aliphatic carboxylic acids is 2. The molecule has 2 aromatic carbocycles. The average molecular weight is 1940 g/mol. The average Bonchev–Trinajstić information content (AvgIpc) is 1.66.